The molecule has 204 valence electrons. The van der Waals surface area contributed by atoms with Crippen LogP contribution in [-0.2, 0) is 26.2 Å². The van der Waals surface area contributed by atoms with Crippen molar-refractivity contribution in [3.63, 3.8) is 0 Å². The van der Waals surface area contributed by atoms with E-state index in [9.17, 15) is 18.0 Å². The van der Waals surface area contributed by atoms with E-state index in [1.807, 2.05) is 45.0 Å². The minimum absolute atomic E-state index is 0.0724. The minimum Gasteiger partial charge on any atom is -0.359 e. The molecule has 0 fully saturated rings. The number of likely N-dealkylation sites (N-methyl/N-ethyl adjacent to an activating group) is 1. The first-order valence-corrected chi connectivity index (χ1v) is 14.1. The standard InChI is InChI=1S/C28H36N4O5S/c1-7-10-25(33)32(26(18(2)3)28(34)29-6)17-21-13-15-22(16-14-21)23-11-8-9-12-24(23)38(35,36)31-27-19(4)20(5)37-30-27/h8-9,11-16,18,26H,7,10,17H2,1-6H3,(H,29,34)(H,30,31)/t26-/m0/s1. The summed E-state index contributed by atoms with van der Waals surface area (Å²) in [5.74, 6) is 0.330. The third-order valence-electron chi connectivity index (χ3n) is 6.45. The molecule has 0 aliphatic rings. The van der Waals surface area contributed by atoms with Crippen molar-refractivity contribution in [2.75, 3.05) is 11.8 Å². The Balaban J connectivity index is 1.92. The van der Waals surface area contributed by atoms with Gasteiger partial charge in [0, 0.05) is 31.1 Å². The SMILES string of the molecule is CCCC(=O)N(Cc1ccc(-c2ccccc2S(=O)(=O)Nc2noc(C)c2C)cc1)[C@H](C(=O)NC)C(C)C. The Hall–Kier alpha value is -3.66. The third kappa shape index (κ3) is 6.42. The Kier molecular flexibility index (Phi) is 9.32. The number of rotatable bonds is 11. The monoisotopic (exact) mass is 540 g/mol. The first kappa shape index (κ1) is 28.9. The molecule has 0 aliphatic carbocycles. The molecule has 2 amide bonds. The number of carbonyl (C=O) groups is 2. The van der Waals surface area contributed by atoms with Crippen LogP contribution >= 0.6 is 0 Å². The molecule has 10 heteroatoms. The summed E-state index contributed by atoms with van der Waals surface area (Å²) in [4.78, 5) is 27.4. The van der Waals surface area contributed by atoms with Gasteiger partial charge >= 0.3 is 0 Å². The second-order valence-electron chi connectivity index (χ2n) is 9.59. The van der Waals surface area contributed by atoms with Crippen LogP contribution in [0.3, 0.4) is 0 Å². The molecule has 0 aliphatic heterocycles. The molecule has 3 aromatic rings. The van der Waals surface area contributed by atoms with Crippen LogP contribution in [0, 0.1) is 19.8 Å². The summed E-state index contributed by atoms with van der Waals surface area (Å²) >= 11 is 0. The van der Waals surface area contributed by atoms with E-state index in [1.165, 1.54) is 6.07 Å². The highest BCUT2D eigenvalue weighted by Crippen LogP contribution is 2.30. The molecule has 1 heterocycles. The number of sulfonamides is 1. The fourth-order valence-corrected chi connectivity index (χ4v) is 5.56. The van der Waals surface area contributed by atoms with Gasteiger partial charge in [-0.25, -0.2) is 8.42 Å². The van der Waals surface area contributed by atoms with Gasteiger partial charge in [0.1, 0.15) is 11.8 Å². The lowest BCUT2D eigenvalue weighted by Crippen LogP contribution is -2.51. The van der Waals surface area contributed by atoms with Crippen molar-refractivity contribution in [1.82, 2.24) is 15.4 Å². The smallest absolute Gasteiger partial charge is 0.263 e. The van der Waals surface area contributed by atoms with E-state index in [-0.39, 0.29) is 35.0 Å². The molecule has 0 saturated heterocycles. The fraction of sp³-hybridized carbons (Fsp3) is 0.393. The van der Waals surface area contributed by atoms with Gasteiger partial charge in [0.2, 0.25) is 11.8 Å². The Bertz CT molecular complexity index is 1380. The number of carbonyl (C=O) groups excluding carboxylic acids is 2. The quantitative estimate of drug-likeness (QED) is 0.365. The lowest BCUT2D eigenvalue weighted by Gasteiger charge is -2.33. The number of aromatic nitrogens is 1. The van der Waals surface area contributed by atoms with E-state index in [2.05, 4.69) is 15.2 Å². The van der Waals surface area contributed by atoms with Crippen molar-refractivity contribution < 1.29 is 22.5 Å². The number of amides is 2. The molecule has 0 spiro atoms. The van der Waals surface area contributed by atoms with Crippen LogP contribution in [0.4, 0.5) is 5.82 Å². The molecule has 3 rings (SSSR count). The number of aryl methyl sites for hydroxylation is 1. The molecule has 1 aromatic heterocycles. The lowest BCUT2D eigenvalue weighted by molar-refractivity contribution is -0.142. The van der Waals surface area contributed by atoms with Gasteiger partial charge < -0.3 is 14.7 Å². The van der Waals surface area contributed by atoms with E-state index >= 15 is 0 Å². The summed E-state index contributed by atoms with van der Waals surface area (Å²) in [6, 6.07) is 13.5. The lowest BCUT2D eigenvalue weighted by atomic mass is 9.99. The summed E-state index contributed by atoms with van der Waals surface area (Å²) < 4.78 is 34.1. The number of hydrogen-bond acceptors (Lipinski definition) is 6. The molecule has 2 aromatic carbocycles. The topological polar surface area (TPSA) is 122 Å². The van der Waals surface area contributed by atoms with Crippen LogP contribution in [0.5, 0.6) is 0 Å². The van der Waals surface area contributed by atoms with Gasteiger partial charge in [-0.2, -0.15) is 0 Å². The van der Waals surface area contributed by atoms with Crippen LogP contribution in [0.15, 0.2) is 57.9 Å². The first-order chi connectivity index (χ1) is 18.0. The summed E-state index contributed by atoms with van der Waals surface area (Å²) in [6.07, 6.45) is 1.03. The Morgan fingerprint density at radius 1 is 1.05 bits per heavy atom. The number of anilines is 1. The van der Waals surface area contributed by atoms with Gasteiger partial charge in [-0.05, 0) is 43.4 Å². The molecule has 2 N–H and O–H groups in total. The zero-order valence-electron chi connectivity index (χ0n) is 22.7. The van der Waals surface area contributed by atoms with Crippen molar-refractivity contribution in [1.29, 1.82) is 0 Å². The first-order valence-electron chi connectivity index (χ1n) is 12.6. The molecule has 0 radical (unpaired) electrons. The van der Waals surface area contributed by atoms with E-state index < -0.39 is 16.1 Å². The van der Waals surface area contributed by atoms with Crippen molar-refractivity contribution in [3.8, 4) is 11.1 Å². The second-order valence-corrected chi connectivity index (χ2v) is 11.2. The Labute approximate surface area is 224 Å². The predicted molar refractivity (Wildman–Crippen MR) is 147 cm³/mol. The molecule has 0 bridgehead atoms. The van der Waals surface area contributed by atoms with Crippen LogP contribution in [0.2, 0.25) is 0 Å². The number of benzene rings is 2. The van der Waals surface area contributed by atoms with Crippen LogP contribution < -0.4 is 10.0 Å². The molecule has 9 nitrogen and oxygen atoms in total. The molecule has 1 atom stereocenters. The maximum atomic E-state index is 13.3. The average Bonchev–Trinajstić information content (AvgIpc) is 3.20. The van der Waals surface area contributed by atoms with Gasteiger partial charge in [0.25, 0.3) is 10.0 Å². The van der Waals surface area contributed by atoms with Crippen molar-refractivity contribution in [2.45, 2.75) is 64.9 Å². The highest BCUT2D eigenvalue weighted by atomic mass is 32.2. The van der Waals surface area contributed by atoms with Crippen molar-refractivity contribution in [2.24, 2.45) is 5.92 Å². The highest BCUT2D eigenvalue weighted by molar-refractivity contribution is 7.92. The van der Waals surface area contributed by atoms with Crippen LogP contribution in [0.25, 0.3) is 11.1 Å². The van der Waals surface area contributed by atoms with Gasteiger partial charge in [0.15, 0.2) is 5.82 Å². The van der Waals surface area contributed by atoms with Gasteiger partial charge in [-0.1, -0.05) is 68.4 Å². The largest absolute Gasteiger partial charge is 0.359 e. The maximum absolute atomic E-state index is 13.3. The molecular weight excluding hydrogens is 504 g/mol. The van der Waals surface area contributed by atoms with Gasteiger partial charge in [-0.15, -0.1) is 0 Å². The van der Waals surface area contributed by atoms with E-state index in [4.69, 9.17) is 4.52 Å². The van der Waals surface area contributed by atoms with E-state index in [0.717, 1.165) is 5.56 Å². The van der Waals surface area contributed by atoms with Crippen LogP contribution in [0.1, 0.15) is 50.5 Å². The highest BCUT2D eigenvalue weighted by Gasteiger charge is 2.31. The molecular formula is C28H36N4O5S. The molecule has 38 heavy (non-hydrogen) atoms. The van der Waals surface area contributed by atoms with E-state index in [1.54, 1.807) is 44.0 Å². The van der Waals surface area contributed by atoms with Gasteiger partial charge in [0.05, 0.1) is 4.90 Å². The zero-order chi connectivity index (χ0) is 28.0. The normalized spacial score (nSPS) is 12.3. The maximum Gasteiger partial charge on any atom is 0.263 e. The molecule has 0 unspecified atom stereocenters. The fourth-order valence-electron chi connectivity index (χ4n) is 4.27. The number of nitrogens with zero attached hydrogens (tertiary/aromatic N) is 2. The Morgan fingerprint density at radius 3 is 2.26 bits per heavy atom. The summed E-state index contributed by atoms with van der Waals surface area (Å²) in [7, 11) is -2.38. The van der Waals surface area contributed by atoms with Crippen LogP contribution in [-0.4, -0.2) is 43.4 Å². The van der Waals surface area contributed by atoms with Gasteiger partial charge in [-0.3, -0.25) is 14.3 Å². The minimum atomic E-state index is -3.95. The zero-order valence-corrected chi connectivity index (χ0v) is 23.6. The second kappa shape index (κ2) is 12.3. The van der Waals surface area contributed by atoms with E-state index in [0.29, 0.717) is 35.3 Å². The molecule has 0 saturated carbocycles. The third-order valence-corrected chi connectivity index (χ3v) is 7.85. The summed E-state index contributed by atoms with van der Waals surface area (Å²) in [5.41, 5.74) is 2.67. The van der Waals surface area contributed by atoms with Crippen molar-refractivity contribution >= 4 is 27.7 Å². The average molecular weight is 541 g/mol. The number of nitrogens with one attached hydrogen (secondary N) is 2. The Morgan fingerprint density at radius 2 is 1.71 bits per heavy atom. The summed E-state index contributed by atoms with van der Waals surface area (Å²) in [5, 5.41) is 6.49. The number of hydrogen-bond donors (Lipinski definition) is 2. The van der Waals surface area contributed by atoms with Crippen molar-refractivity contribution in [3.05, 3.63) is 65.4 Å². The summed E-state index contributed by atoms with van der Waals surface area (Å²) in [6.45, 7) is 9.48. The predicted octanol–water partition coefficient (Wildman–Crippen LogP) is 4.66.